The van der Waals surface area contributed by atoms with E-state index in [1.54, 1.807) is 28.3 Å². The molecule has 0 bridgehead atoms. The van der Waals surface area contributed by atoms with Crippen LogP contribution in [-0.4, -0.2) is 31.3 Å². The Kier molecular flexibility index (Phi) is 6.47. The maximum Gasteiger partial charge on any atom is 0.265 e. The third-order valence-corrected chi connectivity index (χ3v) is 8.08. The van der Waals surface area contributed by atoms with Gasteiger partial charge in [-0.1, -0.05) is 30.7 Å². The van der Waals surface area contributed by atoms with Crippen molar-refractivity contribution in [2.75, 3.05) is 12.8 Å². The van der Waals surface area contributed by atoms with Crippen LogP contribution in [0.2, 0.25) is 5.15 Å². The van der Waals surface area contributed by atoms with Gasteiger partial charge in [0.1, 0.15) is 33.6 Å². The molecular weight excluding hydrogens is 558 g/mol. The molecule has 0 saturated carbocycles. The molecule has 2 N–H and O–H groups in total. The summed E-state index contributed by atoms with van der Waals surface area (Å²) in [6.45, 7) is 1.94. The summed E-state index contributed by atoms with van der Waals surface area (Å²) in [4.78, 5) is 23.1. The fourth-order valence-corrected chi connectivity index (χ4v) is 6.16. The zero-order chi connectivity index (χ0) is 28.1. The summed E-state index contributed by atoms with van der Waals surface area (Å²) in [5, 5.41) is 7.23. The highest BCUT2D eigenvalue weighted by molar-refractivity contribution is 7.16. The van der Waals surface area contributed by atoms with Crippen LogP contribution in [0.3, 0.4) is 0 Å². The molecule has 8 nitrogen and oxygen atoms in total. The van der Waals surface area contributed by atoms with Crippen molar-refractivity contribution in [2.45, 2.75) is 19.4 Å². The van der Waals surface area contributed by atoms with Gasteiger partial charge in [-0.3, -0.25) is 9.20 Å². The minimum atomic E-state index is -0.563. The van der Waals surface area contributed by atoms with Crippen molar-refractivity contribution < 1.29 is 13.5 Å². The van der Waals surface area contributed by atoms with E-state index in [9.17, 15) is 13.6 Å². The van der Waals surface area contributed by atoms with Gasteiger partial charge in [-0.15, -0.1) is 11.3 Å². The Hall–Kier alpha value is -4.35. The molecule has 4 heterocycles. The first-order valence-electron chi connectivity index (χ1n) is 12.2. The Bertz CT molecular complexity index is 1990. The minimum absolute atomic E-state index is 0.0891. The standard InChI is InChI=1S/C28H21ClF2N6O2S/c1-3-19(17-11-22-36(21(29)12-40-22)28(38)23(17)14-5-4-6-16(30)9-14)37-27-24(26(32)33-13-34-27)25(35-37)15-7-8-20(39-2)18(31)10-15/h4-13,19H,3H2,1-2H3,(H2,32,33,34)/t19-/m0/s1. The molecule has 12 heteroatoms. The second-order valence-electron chi connectivity index (χ2n) is 9.05. The summed E-state index contributed by atoms with van der Waals surface area (Å²) in [7, 11) is 1.39. The number of ether oxygens (including phenoxy) is 1. The number of halogens is 3. The number of anilines is 1. The predicted octanol–water partition coefficient (Wildman–Crippen LogP) is 6.36. The quantitative estimate of drug-likeness (QED) is 0.247. The third kappa shape index (κ3) is 4.09. The molecule has 0 spiro atoms. The van der Waals surface area contributed by atoms with Gasteiger partial charge < -0.3 is 10.5 Å². The molecule has 40 heavy (non-hydrogen) atoms. The molecule has 0 unspecified atom stereocenters. The predicted molar refractivity (Wildman–Crippen MR) is 152 cm³/mol. The van der Waals surface area contributed by atoms with Crippen LogP contribution in [0.25, 0.3) is 38.2 Å². The summed E-state index contributed by atoms with van der Waals surface area (Å²) in [6.07, 6.45) is 1.81. The molecule has 0 amide bonds. The fraction of sp³-hybridized carbons (Fsp3) is 0.143. The number of thiazole rings is 1. The average Bonchev–Trinajstić information content (AvgIpc) is 3.51. The lowest BCUT2D eigenvalue weighted by Gasteiger charge is -2.20. The maximum absolute atomic E-state index is 14.7. The number of pyridine rings is 1. The van der Waals surface area contributed by atoms with Crippen molar-refractivity contribution >= 4 is 44.6 Å². The second kappa shape index (κ2) is 10.00. The Labute approximate surface area is 235 Å². The molecular formula is C28H21ClF2N6O2S. The van der Waals surface area contributed by atoms with Crippen LogP contribution in [0.1, 0.15) is 24.9 Å². The highest BCUT2D eigenvalue weighted by Gasteiger charge is 2.27. The summed E-state index contributed by atoms with van der Waals surface area (Å²) in [5.41, 5.74) is 8.42. The molecule has 202 valence electrons. The van der Waals surface area contributed by atoms with E-state index in [2.05, 4.69) is 9.97 Å². The Morgan fingerprint density at radius 1 is 1.12 bits per heavy atom. The van der Waals surface area contributed by atoms with Crippen molar-refractivity contribution in [3.8, 4) is 28.1 Å². The lowest BCUT2D eigenvalue weighted by atomic mass is 9.95. The van der Waals surface area contributed by atoms with Gasteiger partial charge in [-0.25, -0.2) is 23.4 Å². The van der Waals surface area contributed by atoms with Gasteiger partial charge in [0.2, 0.25) is 0 Å². The highest BCUT2D eigenvalue weighted by Crippen LogP contribution is 2.38. The minimum Gasteiger partial charge on any atom is -0.494 e. The molecule has 0 radical (unpaired) electrons. The lowest BCUT2D eigenvalue weighted by molar-refractivity contribution is 0.386. The van der Waals surface area contributed by atoms with Gasteiger partial charge in [-0.05, 0) is 53.9 Å². The second-order valence-corrected chi connectivity index (χ2v) is 10.3. The summed E-state index contributed by atoms with van der Waals surface area (Å²) < 4.78 is 37.2. The van der Waals surface area contributed by atoms with E-state index < -0.39 is 17.7 Å². The van der Waals surface area contributed by atoms with Crippen LogP contribution in [0.5, 0.6) is 5.75 Å². The topological polar surface area (TPSA) is 100 Å². The van der Waals surface area contributed by atoms with Crippen molar-refractivity contribution in [3.63, 3.8) is 0 Å². The first kappa shape index (κ1) is 25.9. The normalized spacial score (nSPS) is 12.3. The van der Waals surface area contributed by atoms with Gasteiger partial charge in [0.05, 0.1) is 24.1 Å². The Balaban J connectivity index is 1.65. The monoisotopic (exact) mass is 578 g/mol. The van der Waals surface area contributed by atoms with E-state index >= 15 is 0 Å². The molecule has 0 saturated heterocycles. The number of hydrogen-bond donors (Lipinski definition) is 1. The maximum atomic E-state index is 14.7. The van der Waals surface area contributed by atoms with E-state index in [-0.39, 0.29) is 27.8 Å². The van der Waals surface area contributed by atoms with Gasteiger partial charge >= 0.3 is 0 Å². The number of methoxy groups -OCH3 is 1. The molecule has 4 aromatic heterocycles. The number of nitrogens with zero attached hydrogens (tertiary/aromatic N) is 5. The van der Waals surface area contributed by atoms with Gasteiger partial charge in [0, 0.05) is 10.9 Å². The first-order valence-corrected chi connectivity index (χ1v) is 13.5. The number of nitrogen functional groups attached to an aromatic ring is 1. The van der Waals surface area contributed by atoms with Crippen molar-refractivity contribution in [2.24, 2.45) is 0 Å². The lowest BCUT2D eigenvalue weighted by Crippen LogP contribution is -2.21. The zero-order valence-electron chi connectivity index (χ0n) is 21.2. The molecule has 0 aliphatic rings. The van der Waals surface area contributed by atoms with Gasteiger partial charge in [0.15, 0.2) is 17.2 Å². The van der Waals surface area contributed by atoms with Crippen molar-refractivity contribution in [1.29, 1.82) is 0 Å². The number of benzene rings is 2. The molecule has 6 aromatic rings. The average molecular weight is 579 g/mol. The fourth-order valence-electron chi connectivity index (χ4n) is 5.01. The molecule has 0 aliphatic heterocycles. The van der Waals surface area contributed by atoms with E-state index in [0.29, 0.717) is 44.7 Å². The van der Waals surface area contributed by atoms with Crippen LogP contribution in [0, 0.1) is 11.6 Å². The summed E-state index contributed by atoms with van der Waals surface area (Å²) in [6, 6.07) is 11.7. The summed E-state index contributed by atoms with van der Waals surface area (Å²) in [5.74, 6) is -0.785. The Morgan fingerprint density at radius 3 is 2.67 bits per heavy atom. The van der Waals surface area contributed by atoms with Gasteiger partial charge in [-0.2, -0.15) is 5.10 Å². The number of fused-ring (bicyclic) bond motifs is 2. The van der Waals surface area contributed by atoms with Crippen LogP contribution >= 0.6 is 22.9 Å². The van der Waals surface area contributed by atoms with Crippen molar-refractivity contribution in [3.05, 3.63) is 92.9 Å². The van der Waals surface area contributed by atoms with E-state index in [1.165, 1.54) is 53.4 Å². The molecule has 2 aromatic carbocycles. The van der Waals surface area contributed by atoms with Crippen molar-refractivity contribution in [1.82, 2.24) is 24.1 Å². The highest BCUT2D eigenvalue weighted by atomic mass is 35.5. The smallest absolute Gasteiger partial charge is 0.265 e. The van der Waals surface area contributed by atoms with Crippen LogP contribution in [-0.2, 0) is 0 Å². The Morgan fingerprint density at radius 2 is 1.95 bits per heavy atom. The number of rotatable bonds is 6. The van der Waals surface area contributed by atoms with E-state index in [4.69, 9.17) is 27.2 Å². The number of hydrogen-bond acceptors (Lipinski definition) is 7. The first-order chi connectivity index (χ1) is 19.3. The van der Waals surface area contributed by atoms with E-state index in [0.717, 1.165) is 0 Å². The zero-order valence-corrected chi connectivity index (χ0v) is 22.8. The largest absolute Gasteiger partial charge is 0.494 e. The molecule has 6 rings (SSSR count). The molecule has 0 aliphatic carbocycles. The van der Waals surface area contributed by atoms with Gasteiger partial charge in [0.25, 0.3) is 5.56 Å². The number of nitrogens with two attached hydrogens (primary N) is 1. The molecule has 0 fully saturated rings. The van der Waals surface area contributed by atoms with Crippen LogP contribution in [0.15, 0.2) is 65.0 Å². The van der Waals surface area contributed by atoms with Crippen LogP contribution in [0.4, 0.5) is 14.6 Å². The van der Waals surface area contributed by atoms with E-state index in [1.807, 2.05) is 13.0 Å². The third-order valence-electron chi connectivity index (χ3n) is 6.79. The number of aromatic nitrogens is 5. The summed E-state index contributed by atoms with van der Waals surface area (Å²) >= 11 is 7.68. The molecule has 1 atom stereocenters. The van der Waals surface area contributed by atoms with Crippen LogP contribution < -0.4 is 16.0 Å². The SMILES string of the molecule is CC[C@@H](c1cc2scc(Cl)n2c(=O)c1-c1cccc(F)c1)n1nc(-c2ccc(OC)c(F)c2)c2c(N)ncnc21.